The lowest BCUT2D eigenvalue weighted by molar-refractivity contribution is 0.0594. The molecule has 1 saturated heterocycles. The molecule has 2 aromatic rings. The number of piperazine rings is 1. The van der Waals surface area contributed by atoms with Gasteiger partial charge in [0.1, 0.15) is 5.76 Å². The third-order valence-corrected chi connectivity index (χ3v) is 3.92. The molecular formula is C17H17N3O2. The van der Waals surface area contributed by atoms with Gasteiger partial charge in [-0.15, -0.1) is 0 Å². The van der Waals surface area contributed by atoms with Crippen LogP contribution < -0.4 is 0 Å². The number of amides is 1. The molecule has 1 amide bonds. The van der Waals surface area contributed by atoms with Crippen LogP contribution in [0.25, 0.3) is 0 Å². The van der Waals surface area contributed by atoms with Crippen molar-refractivity contribution in [3.63, 3.8) is 0 Å². The first-order valence-corrected chi connectivity index (χ1v) is 7.31. The summed E-state index contributed by atoms with van der Waals surface area (Å²) in [4.78, 5) is 16.3. The highest BCUT2D eigenvalue weighted by atomic mass is 16.3. The first kappa shape index (κ1) is 14.4. The molecule has 0 spiro atoms. The van der Waals surface area contributed by atoms with Crippen molar-refractivity contribution in [2.75, 3.05) is 26.2 Å². The Hall–Kier alpha value is -2.58. The molecule has 0 saturated carbocycles. The van der Waals surface area contributed by atoms with Crippen LogP contribution in [0.3, 0.4) is 0 Å². The van der Waals surface area contributed by atoms with Gasteiger partial charge < -0.3 is 9.32 Å². The molecule has 0 radical (unpaired) electrons. The van der Waals surface area contributed by atoms with Crippen molar-refractivity contribution < 1.29 is 9.21 Å². The topological polar surface area (TPSA) is 60.5 Å². The number of carbonyl (C=O) groups excluding carboxylic acids is 1. The van der Waals surface area contributed by atoms with Crippen molar-refractivity contribution in [2.24, 2.45) is 0 Å². The lowest BCUT2D eigenvalue weighted by Gasteiger charge is -2.36. The van der Waals surface area contributed by atoms with Crippen LogP contribution in [0.5, 0.6) is 0 Å². The van der Waals surface area contributed by atoms with Crippen LogP contribution in [-0.2, 0) is 0 Å². The quantitative estimate of drug-likeness (QED) is 0.871. The second-order valence-corrected chi connectivity index (χ2v) is 5.24. The molecule has 1 aromatic carbocycles. The molecule has 112 valence electrons. The second kappa shape index (κ2) is 6.46. The van der Waals surface area contributed by atoms with Crippen molar-refractivity contribution >= 4 is 5.91 Å². The number of nitriles is 1. The van der Waals surface area contributed by atoms with E-state index in [9.17, 15) is 10.1 Å². The van der Waals surface area contributed by atoms with Crippen molar-refractivity contribution in [2.45, 2.75) is 6.04 Å². The van der Waals surface area contributed by atoms with Gasteiger partial charge in [-0.25, -0.2) is 0 Å². The van der Waals surface area contributed by atoms with Crippen LogP contribution in [-0.4, -0.2) is 41.9 Å². The zero-order valence-electron chi connectivity index (χ0n) is 12.2. The van der Waals surface area contributed by atoms with Crippen molar-refractivity contribution in [3.05, 3.63) is 60.1 Å². The number of hydrogen-bond donors (Lipinski definition) is 0. The number of furan rings is 1. The summed E-state index contributed by atoms with van der Waals surface area (Å²) >= 11 is 0. The van der Waals surface area contributed by atoms with E-state index in [0.717, 1.165) is 0 Å². The Bertz CT molecular complexity index is 653. The fraction of sp³-hybridized carbons (Fsp3) is 0.294. The summed E-state index contributed by atoms with van der Waals surface area (Å²) in [6.07, 6.45) is 1.58. The molecule has 2 heterocycles. The lowest BCUT2D eigenvalue weighted by Crippen LogP contribution is -2.49. The van der Waals surface area contributed by atoms with E-state index >= 15 is 0 Å². The highest BCUT2D eigenvalue weighted by Gasteiger charge is 2.28. The van der Waals surface area contributed by atoms with Gasteiger partial charge in [0, 0.05) is 31.7 Å². The Labute approximate surface area is 129 Å². The fourth-order valence-corrected chi connectivity index (χ4v) is 2.72. The van der Waals surface area contributed by atoms with Crippen LogP contribution in [0.1, 0.15) is 22.2 Å². The number of nitrogens with zero attached hydrogens (tertiary/aromatic N) is 3. The third kappa shape index (κ3) is 2.87. The first-order chi connectivity index (χ1) is 10.8. The smallest absolute Gasteiger partial charge is 0.253 e. The van der Waals surface area contributed by atoms with Gasteiger partial charge in [0.05, 0.1) is 12.3 Å². The van der Waals surface area contributed by atoms with Gasteiger partial charge >= 0.3 is 0 Å². The molecular weight excluding hydrogens is 278 g/mol. The summed E-state index contributed by atoms with van der Waals surface area (Å²) in [5.41, 5.74) is 0.707. The molecule has 3 rings (SSSR count). The van der Waals surface area contributed by atoms with Gasteiger partial charge in [-0.05, 0) is 24.3 Å². The minimum Gasteiger partial charge on any atom is -0.467 e. The van der Waals surface area contributed by atoms with Gasteiger partial charge in [-0.1, -0.05) is 18.2 Å². The van der Waals surface area contributed by atoms with E-state index < -0.39 is 0 Å². The standard InChI is InChI=1S/C17H17N3O2/c18-13-15(16-7-4-12-22-16)19-8-10-20(11-9-19)17(21)14-5-2-1-3-6-14/h1-7,12,15H,8-11H2/t15-/m1/s1. The molecule has 0 aliphatic carbocycles. The summed E-state index contributed by atoms with van der Waals surface area (Å²) in [6, 6.07) is 14.8. The summed E-state index contributed by atoms with van der Waals surface area (Å²) in [6.45, 7) is 2.56. The minimum atomic E-state index is -0.385. The molecule has 0 unspecified atom stereocenters. The predicted molar refractivity (Wildman–Crippen MR) is 81.0 cm³/mol. The van der Waals surface area contributed by atoms with E-state index in [1.54, 1.807) is 12.3 Å². The molecule has 1 aliphatic rings. The van der Waals surface area contributed by atoms with Crippen LogP contribution in [0.2, 0.25) is 0 Å². The van der Waals surface area contributed by atoms with Gasteiger partial charge in [0.2, 0.25) is 0 Å². The highest BCUT2D eigenvalue weighted by molar-refractivity contribution is 5.94. The monoisotopic (exact) mass is 295 g/mol. The SMILES string of the molecule is N#C[C@H](c1ccco1)N1CCN(C(=O)c2ccccc2)CC1. The Kier molecular flexibility index (Phi) is 4.22. The number of benzene rings is 1. The maximum Gasteiger partial charge on any atom is 0.253 e. The number of hydrogen-bond acceptors (Lipinski definition) is 4. The molecule has 1 aliphatic heterocycles. The molecule has 1 atom stereocenters. The molecule has 5 heteroatoms. The van der Waals surface area contributed by atoms with E-state index in [-0.39, 0.29) is 11.9 Å². The van der Waals surface area contributed by atoms with Gasteiger partial charge in [0.25, 0.3) is 5.91 Å². The average Bonchev–Trinajstić information content (AvgIpc) is 3.11. The number of rotatable bonds is 3. The van der Waals surface area contributed by atoms with Crippen LogP contribution in [0.15, 0.2) is 53.1 Å². The molecule has 1 aromatic heterocycles. The van der Waals surface area contributed by atoms with Crippen molar-refractivity contribution in [3.8, 4) is 6.07 Å². The van der Waals surface area contributed by atoms with Gasteiger partial charge in [0.15, 0.2) is 6.04 Å². The van der Waals surface area contributed by atoms with Crippen LogP contribution >= 0.6 is 0 Å². The molecule has 5 nitrogen and oxygen atoms in total. The predicted octanol–water partition coefficient (Wildman–Crippen LogP) is 2.30. The van der Waals surface area contributed by atoms with Crippen molar-refractivity contribution in [1.82, 2.24) is 9.80 Å². The maximum atomic E-state index is 12.4. The fourth-order valence-electron chi connectivity index (χ4n) is 2.72. The zero-order valence-corrected chi connectivity index (χ0v) is 12.2. The van der Waals surface area contributed by atoms with E-state index in [0.29, 0.717) is 37.5 Å². The maximum absolute atomic E-state index is 12.4. The zero-order chi connectivity index (χ0) is 15.4. The van der Waals surface area contributed by atoms with E-state index in [1.807, 2.05) is 46.2 Å². The normalized spacial score (nSPS) is 17.0. The molecule has 0 bridgehead atoms. The largest absolute Gasteiger partial charge is 0.467 e. The third-order valence-electron chi connectivity index (χ3n) is 3.92. The molecule has 0 N–H and O–H groups in total. The average molecular weight is 295 g/mol. The summed E-state index contributed by atoms with van der Waals surface area (Å²) in [7, 11) is 0. The van der Waals surface area contributed by atoms with Crippen LogP contribution in [0, 0.1) is 11.3 Å². The van der Waals surface area contributed by atoms with Gasteiger partial charge in [-0.2, -0.15) is 5.26 Å². The summed E-state index contributed by atoms with van der Waals surface area (Å²) in [5, 5.41) is 9.37. The summed E-state index contributed by atoms with van der Waals surface area (Å²) < 4.78 is 5.34. The Morgan fingerprint density at radius 1 is 1.09 bits per heavy atom. The van der Waals surface area contributed by atoms with E-state index in [4.69, 9.17) is 4.42 Å². The minimum absolute atomic E-state index is 0.0479. The molecule has 22 heavy (non-hydrogen) atoms. The second-order valence-electron chi connectivity index (χ2n) is 5.24. The Morgan fingerprint density at radius 3 is 2.41 bits per heavy atom. The first-order valence-electron chi connectivity index (χ1n) is 7.31. The van der Waals surface area contributed by atoms with Crippen LogP contribution in [0.4, 0.5) is 0 Å². The Morgan fingerprint density at radius 2 is 1.82 bits per heavy atom. The number of carbonyl (C=O) groups is 1. The van der Waals surface area contributed by atoms with Crippen molar-refractivity contribution in [1.29, 1.82) is 5.26 Å². The summed E-state index contributed by atoms with van der Waals surface area (Å²) in [5.74, 6) is 0.706. The van der Waals surface area contributed by atoms with E-state index in [1.165, 1.54) is 0 Å². The lowest BCUT2D eigenvalue weighted by atomic mass is 10.1. The Balaban J connectivity index is 1.63. The van der Waals surface area contributed by atoms with E-state index in [2.05, 4.69) is 6.07 Å². The van der Waals surface area contributed by atoms with Gasteiger partial charge in [-0.3, -0.25) is 9.69 Å². The molecule has 1 fully saturated rings. The highest BCUT2D eigenvalue weighted by Crippen LogP contribution is 2.22.